The summed E-state index contributed by atoms with van der Waals surface area (Å²) in [6.45, 7) is 6.32. The summed E-state index contributed by atoms with van der Waals surface area (Å²) in [4.78, 5) is 14.2. The second-order valence-electron chi connectivity index (χ2n) is 4.65. The molecule has 0 bridgehead atoms. The van der Waals surface area contributed by atoms with E-state index in [-0.39, 0.29) is 11.9 Å². The fourth-order valence-corrected chi connectivity index (χ4v) is 2.37. The summed E-state index contributed by atoms with van der Waals surface area (Å²) in [6.07, 6.45) is 1.01. The van der Waals surface area contributed by atoms with E-state index >= 15 is 0 Å². The number of hydrogen-bond acceptors (Lipinski definition) is 3. The van der Waals surface area contributed by atoms with Crippen LogP contribution in [0.15, 0.2) is 21.2 Å². The third-order valence-electron chi connectivity index (χ3n) is 3.08. The zero-order valence-electron chi connectivity index (χ0n) is 10.1. The highest BCUT2D eigenvalue weighted by molar-refractivity contribution is 9.10. The molecule has 1 aromatic heterocycles. The SMILES string of the molecule is CC(C)N1CCC(NC(=O)c2ccc(Br)o2)C1. The van der Waals surface area contributed by atoms with Crippen LogP contribution in [-0.2, 0) is 0 Å². The normalized spacial score (nSPS) is 21.1. The molecule has 2 heterocycles. The van der Waals surface area contributed by atoms with Gasteiger partial charge in [-0.2, -0.15) is 0 Å². The number of carbonyl (C=O) groups is 1. The minimum atomic E-state index is -0.133. The maximum absolute atomic E-state index is 11.8. The first kappa shape index (κ1) is 12.6. The molecule has 1 aromatic rings. The lowest BCUT2D eigenvalue weighted by Crippen LogP contribution is -2.38. The number of rotatable bonds is 3. The maximum Gasteiger partial charge on any atom is 0.287 e. The Bertz CT molecular complexity index is 403. The number of nitrogens with one attached hydrogen (secondary N) is 1. The number of amides is 1. The van der Waals surface area contributed by atoms with E-state index in [1.54, 1.807) is 12.1 Å². The highest BCUT2D eigenvalue weighted by Crippen LogP contribution is 2.16. The molecule has 1 aliphatic rings. The molecular formula is C12H17BrN2O2. The van der Waals surface area contributed by atoms with E-state index in [9.17, 15) is 4.79 Å². The Morgan fingerprint density at radius 1 is 1.59 bits per heavy atom. The first-order chi connectivity index (χ1) is 8.06. The van der Waals surface area contributed by atoms with Crippen molar-refractivity contribution in [2.45, 2.75) is 32.4 Å². The zero-order valence-corrected chi connectivity index (χ0v) is 11.7. The standard InChI is InChI=1S/C12H17BrN2O2/c1-8(2)15-6-5-9(7-15)14-12(16)10-3-4-11(13)17-10/h3-4,8-9H,5-7H2,1-2H3,(H,14,16). The maximum atomic E-state index is 11.8. The van der Waals surface area contributed by atoms with E-state index in [0.29, 0.717) is 16.5 Å². The summed E-state index contributed by atoms with van der Waals surface area (Å²) in [5.41, 5.74) is 0. The van der Waals surface area contributed by atoms with Crippen molar-refractivity contribution in [3.8, 4) is 0 Å². The number of hydrogen-bond donors (Lipinski definition) is 1. The summed E-state index contributed by atoms with van der Waals surface area (Å²) in [7, 11) is 0. The van der Waals surface area contributed by atoms with Crippen molar-refractivity contribution in [3.63, 3.8) is 0 Å². The van der Waals surface area contributed by atoms with Crippen LogP contribution in [0.1, 0.15) is 30.8 Å². The van der Waals surface area contributed by atoms with Crippen LogP contribution in [0.2, 0.25) is 0 Å². The van der Waals surface area contributed by atoms with E-state index in [4.69, 9.17) is 4.42 Å². The van der Waals surface area contributed by atoms with Gasteiger partial charge in [-0.25, -0.2) is 0 Å². The molecule has 2 rings (SSSR count). The van der Waals surface area contributed by atoms with Crippen molar-refractivity contribution in [2.75, 3.05) is 13.1 Å². The smallest absolute Gasteiger partial charge is 0.287 e. The summed E-state index contributed by atoms with van der Waals surface area (Å²) in [6, 6.07) is 4.17. The van der Waals surface area contributed by atoms with Crippen LogP contribution in [0.4, 0.5) is 0 Å². The molecule has 0 radical (unpaired) electrons. The van der Waals surface area contributed by atoms with Crippen molar-refractivity contribution in [3.05, 3.63) is 22.6 Å². The molecule has 4 nitrogen and oxygen atoms in total. The predicted molar refractivity (Wildman–Crippen MR) is 69.0 cm³/mol. The van der Waals surface area contributed by atoms with Crippen molar-refractivity contribution < 1.29 is 9.21 Å². The number of likely N-dealkylation sites (tertiary alicyclic amines) is 1. The van der Waals surface area contributed by atoms with Gasteiger partial charge in [0.2, 0.25) is 0 Å². The van der Waals surface area contributed by atoms with Gasteiger partial charge in [0.25, 0.3) is 5.91 Å². The molecule has 0 aromatic carbocycles. The number of carbonyl (C=O) groups excluding carboxylic acids is 1. The molecule has 0 saturated carbocycles. The fourth-order valence-electron chi connectivity index (χ4n) is 2.07. The Morgan fingerprint density at radius 3 is 2.88 bits per heavy atom. The van der Waals surface area contributed by atoms with Gasteiger partial charge in [-0.05, 0) is 48.3 Å². The van der Waals surface area contributed by atoms with Gasteiger partial charge in [-0.3, -0.25) is 9.69 Å². The molecule has 1 fully saturated rings. The lowest BCUT2D eigenvalue weighted by Gasteiger charge is -2.20. The average molecular weight is 301 g/mol. The fraction of sp³-hybridized carbons (Fsp3) is 0.583. The highest BCUT2D eigenvalue weighted by Gasteiger charge is 2.26. The molecule has 1 aliphatic heterocycles. The molecular weight excluding hydrogens is 284 g/mol. The molecule has 1 unspecified atom stereocenters. The van der Waals surface area contributed by atoms with Crippen molar-refractivity contribution in [1.29, 1.82) is 0 Å². The van der Waals surface area contributed by atoms with Gasteiger partial charge in [0.15, 0.2) is 10.4 Å². The first-order valence-electron chi connectivity index (χ1n) is 5.86. The van der Waals surface area contributed by atoms with E-state index in [1.165, 1.54) is 0 Å². The predicted octanol–water partition coefficient (Wildman–Crippen LogP) is 2.25. The number of nitrogens with zero attached hydrogens (tertiary/aromatic N) is 1. The highest BCUT2D eigenvalue weighted by atomic mass is 79.9. The molecule has 0 spiro atoms. The summed E-state index contributed by atoms with van der Waals surface area (Å²) in [5.74, 6) is 0.228. The van der Waals surface area contributed by atoms with Gasteiger partial charge in [0.1, 0.15) is 0 Å². The Morgan fingerprint density at radius 2 is 2.35 bits per heavy atom. The van der Waals surface area contributed by atoms with E-state index < -0.39 is 0 Å². The molecule has 0 aliphatic carbocycles. The quantitative estimate of drug-likeness (QED) is 0.931. The Labute approximate surface area is 109 Å². The zero-order chi connectivity index (χ0) is 12.4. The van der Waals surface area contributed by atoms with Gasteiger partial charge in [0, 0.05) is 25.2 Å². The van der Waals surface area contributed by atoms with E-state index in [2.05, 4.69) is 40.0 Å². The number of halogens is 1. The second-order valence-corrected chi connectivity index (χ2v) is 5.43. The summed E-state index contributed by atoms with van der Waals surface area (Å²) in [5, 5.41) is 3.00. The topological polar surface area (TPSA) is 45.5 Å². The van der Waals surface area contributed by atoms with Crippen LogP contribution >= 0.6 is 15.9 Å². The summed E-state index contributed by atoms with van der Waals surface area (Å²) >= 11 is 3.19. The molecule has 5 heteroatoms. The first-order valence-corrected chi connectivity index (χ1v) is 6.66. The van der Waals surface area contributed by atoms with Crippen LogP contribution in [0.5, 0.6) is 0 Å². The Balaban J connectivity index is 1.88. The van der Waals surface area contributed by atoms with Crippen molar-refractivity contribution in [2.24, 2.45) is 0 Å². The Hall–Kier alpha value is -0.810. The second kappa shape index (κ2) is 5.23. The minimum absolute atomic E-state index is 0.133. The molecule has 1 saturated heterocycles. The number of furan rings is 1. The molecule has 1 N–H and O–H groups in total. The lowest BCUT2D eigenvalue weighted by molar-refractivity contribution is 0.0907. The van der Waals surface area contributed by atoms with Crippen LogP contribution in [-0.4, -0.2) is 36.0 Å². The lowest BCUT2D eigenvalue weighted by atomic mass is 10.2. The van der Waals surface area contributed by atoms with Gasteiger partial charge in [0.05, 0.1) is 0 Å². The molecule has 17 heavy (non-hydrogen) atoms. The molecule has 94 valence electrons. The van der Waals surface area contributed by atoms with Crippen molar-refractivity contribution >= 4 is 21.8 Å². The van der Waals surface area contributed by atoms with E-state index in [1.807, 2.05) is 0 Å². The van der Waals surface area contributed by atoms with Gasteiger partial charge in [-0.15, -0.1) is 0 Å². The van der Waals surface area contributed by atoms with Crippen LogP contribution in [0.25, 0.3) is 0 Å². The minimum Gasteiger partial charge on any atom is -0.444 e. The van der Waals surface area contributed by atoms with Crippen LogP contribution < -0.4 is 5.32 Å². The Kier molecular flexibility index (Phi) is 3.89. The van der Waals surface area contributed by atoms with Gasteiger partial charge in [-0.1, -0.05) is 0 Å². The largest absolute Gasteiger partial charge is 0.444 e. The van der Waals surface area contributed by atoms with Crippen molar-refractivity contribution in [1.82, 2.24) is 10.2 Å². The monoisotopic (exact) mass is 300 g/mol. The summed E-state index contributed by atoms with van der Waals surface area (Å²) < 4.78 is 5.80. The van der Waals surface area contributed by atoms with Gasteiger partial charge < -0.3 is 9.73 Å². The third-order valence-corrected chi connectivity index (χ3v) is 3.51. The molecule has 1 atom stereocenters. The molecule has 1 amide bonds. The average Bonchev–Trinajstić information content (AvgIpc) is 2.86. The third kappa shape index (κ3) is 3.10. The van der Waals surface area contributed by atoms with Crippen LogP contribution in [0.3, 0.4) is 0 Å². The van der Waals surface area contributed by atoms with E-state index in [0.717, 1.165) is 19.5 Å². The van der Waals surface area contributed by atoms with Gasteiger partial charge >= 0.3 is 0 Å². The van der Waals surface area contributed by atoms with Crippen LogP contribution in [0, 0.1) is 0 Å².